The molecule has 0 N–H and O–H groups in total. The molecule has 0 aromatic carbocycles. The van der Waals surface area contributed by atoms with Gasteiger partial charge in [-0.1, -0.05) is 0 Å². The first kappa shape index (κ1) is 13.5. The molecule has 0 radical (unpaired) electrons. The zero-order chi connectivity index (χ0) is 11.8. The first-order valence-corrected chi connectivity index (χ1v) is 6.57. The molecule has 0 unspecified atom stereocenters. The summed E-state index contributed by atoms with van der Waals surface area (Å²) in [4.78, 5) is 4.97. The molecule has 0 amide bonds. The Balaban J connectivity index is 2.13. The first-order chi connectivity index (χ1) is 7.74. The minimum absolute atomic E-state index is 0.562. The summed E-state index contributed by atoms with van der Waals surface area (Å²) in [6, 6.07) is 2.79. The van der Waals surface area contributed by atoms with Gasteiger partial charge in [0.25, 0.3) is 0 Å². The molecule has 0 atom stereocenters. The van der Waals surface area contributed by atoms with Gasteiger partial charge in [-0.05, 0) is 59.3 Å². The molecular weight excluding hydrogens is 198 g/mol. The third-order valence-corrected chi connectivity index (χ3v) is 3.36. The molecule has 1 fully saturated rings. The number of hydrogen-bond acceptors (Lipinski definition) is 3. The van der Waals surface area contributed by atoms with Crippen molar-refractivity contribution in [2.75, 3.05) is 32.7 Å². The average molecular weight is 223 g/mol. The van der Waals surface area contributed by atoms with Crippen LogP contribution in [-0.2, 0) is 0 Å². The molecule has 0 saturated carbocycles. The van der Waals surface area contributed by atoms with Gasteiger partial charge in [0.1, 0.15) is 0 Å². The van der Waals surface area contributed by atoms with Crippen molar-refractivity contribution < 1.29 is 0 Å². The summed E-state index contributed by atoms with van der Waals surface area (Å²) in [6.45, 7) is 10.3. The highest BCUT2D eigenvalue weighted by molar-refractivity contribution is 4.74. The van der Waals surface area contributed by atoms with Crippen LogP contribution in [0.2, 0.25) is 0 Å². The van der Waals surface area contributed by atoms with Crippen molar-refractivity contribution in [1.82, 2.24) is 9.80 Å². The average Bonchev–Trinajstić information content (AvgIpc) is 2.75. The van der Waals surface area contributed by atoms with Crippen LogP contribution in [0.4, 0.5) is 0 Å². The molecule has 3 heteroatoms. The monoisotopic (exact) mass is 223 g/mol. The van der Waals surface area contributed by atoms with Crippen molar-refractivity contribution in [1.29, 1.82) is 5.26 Å². The van der Waals surface area contributed by atoms with Gasteiger partial charge < -0.3 is 4.90 Å². The van der Waals surface area contributed by atoms with E-state index in [-0.39, 0.29) is 0 Å². The van der Waals surface area contributed by atoms with Gasteiger partial charge in [-0.15, -0.1) is 0 Å². The Bertz CT molecular complexity index is 214. The van der Waals surface area contributed by atoms with E-state index in [4.69, 9.17) is 5.26 Å². The van der Waals surface area contributed by atoms with Gasteiger partial charge in [-0.25, -0.2) is 0 Å². The molecular formula is C13H25N3. The van der Waals surface area contributed by atoms with Crippen LogP contribution < -0.4 is 0 Å². The third kappa shape index (κ3) is 4.96. The summed E-state index contributed by atoms with van der Waals surface area (Å²) in [7, 11) is 0. The summed E-state index contributed by atoms with van der Waals surface area (Å²) in [5, 5.41) is 8.61. The van der Waals surface area contributed by atoms with Gasteiger partial charge in [-0.2, -0.15) is 5.26 Å². The zero-order valence-corrected chi connectivity index (χ0v) is 10.8. The van der Waals surface area contributed by atoms with Crippen LogP contribution in [0.5, 0.6) is 0 Å². The lowest BCUT2D eigenvalue weighted by atomic mass is 10.2. The fourth-order valence-corrected chi connectivity index (χ4v) is 2.33. The van der Waals surface area contributed by atoms with E-state index < -0.39 is 0 Å². The van der Waals surface area contributed by atoms with Gasteiger partial charge in [0.15, 0.2) is 0 Å². The number of hydrogen-bond donors (Lipinski definition) is 0. The molecule has 1 rings (SSSR count). The van der Waals surface area contributed by atoms with Crippen molar-refractivity contribution in [2.45, 2.75) is 45.6 Å². The minimum atomic E-state index is 0.562. The molecule has 0 spiro atoms. The van der Waals surface area contributed by atoms with Gasteiger partial charge in [-0.3, -0.25) is 4.90 Å². The Morgan fingerprint density at radius 1 is 1.25 bits per heavy atom. The van der Waals surface area contributed by atoms with E-state index in [1.807, 2.05) is 0 Å². The Morgan fingerprint density at radius 2 is 1.94 bits per heavy atom. The van der Waals surface area contributed by atoms with Crippen molar-refractivity contribution in [3.63, 3.8) is 0 Å². The van der Waals surface area contributed by atoms with Crippen molar-refractivity contribution in [3.05, 3.63) is 0 Å². The molecule has 0 aromatic rings. The van der Waals surface area contributed by atoms with Crippen molar-refractivity contribution >= 4 is 0 Å². The zero-order valence-electron chi connectivity index (χ0n) is 10.8. The summed E-state index contributed by atoms with van der Waals surface area (Å²) >= 11 is 0. The maximum absolute atomic E-state index is 8.61. The Labute approximate surface area is 100 Å². The third-order valence-electron chi connectivity index (χ3n) is 3.36. The molecule has 1 heterocycles. The lowest BCUT2D eigenvalue weighted by Gasteiger charge is -2.26. The first-order valence-electron chi connectivity index (χ1n) is 6.57. The second kappa shape index (κ2) is 7.65. The largest absolute Gasteiger partial charge is 0.303 e. The van der Waals surface area contributed by atoms with Gasteiger partial charge in [0.05, 0.1) is 6.07 Å². The highest BCUT2D eigenvalue weighted by Crippen LogP contribution is 2.08. The maximum Gasteiger partial charge on any atom is 0.0635 e. The van der Waals surface area contributed by atoms with Crippen LogP contribution in [0.1, 0.15) is 39.5 Å². The maximum atomic E-state index is 8.61. The highest BCUT2D eigenvalue weighted by Gasteiger charge is 2.12. The second-order valence-corrected chi connectivity index (χ2v) is 4.94. The molecule has 0 bridgehead atoms. The van der Waals surface area contributed by atoms with Crippen LogP contribution >= 0.6 is 0 Å². The lowest BCUT2D eigenvalue weighted by molar-refractivity contribution is 0.209. The fourth-order valence-electron chi connectivity index (χ4n) is 2.33. The van der Waals surface area contributed by atoms with E-state index in [1.54, 1.807) is 0 Å². The van der Waals surface area contributed by atoms with E-state index in [1.165, 1.54) is 38.9 Å². The normalized spacial score (nSPS) is 17.2. The Hall–Kier alpha value is -0.590. The van der Waals surface area contributed by atoms with E-state index in [9.17, 15) is 0 Å². The Kier molecular flexibility index (Phi) is 6.44. The molecule has 1 saturated heterocycles. The minimum Gasteiger partial charge on any atom is -0.303 e. The summed E-state index contributed by atoms with van der Waals surface area (Å²) in [5.41, 5.74) is 0. The number of likely N-dealkylation sites (tertiary alicyclic amines) is 1. The van der Waals surface area contributed by atoms with E-state index in [2.05, 4.69) is 29.7 Å². The van der Waals surface area contributed by atoms with Crippen LogP contribution in [0.15, 0.2) is 0 Å². The van der Waals surface area contributed by atoms with Crippen LogP contribution in [-0.4, -0.2) is 48.6 Å². The van der Waals surface area contributed by atoms with Gasteiger partial charge >= 0.3 is 0 Å². The smallest absolute Gasteiger partial charge is 0.0635 e. The highest BCUT2D eigenvalue weighted by atomic mass is 15.2. The van der Waals surface area contributed by atoms with Crippen molar-refractivity contribution in [2.24, 2.45) is 0 Å². The fraction of sp³-hybridized carbons (Fsp3) is 0.923. The number of nitrogens with zero attached hydrogens (tertiary/aromatic N) is 3. The summed E-state index contributed by atoms with van der Waals surface area (Å²) in [6.07, 6.45) is 4.65. The topological polar surface area (TPSA) is 30.3 Å². The summed E-state index contributed by atoms with van der Waals surface area (Å²) < 4.78 is 0. The number of rotatable bonds is 7. The SMILES string of the molecule is CC(C)N(CCC#N)CCCN1CCCC1. The van der Waals surface area contributed by atoms with E-state index in [0.717, 1.165) is 13.1 Å². The molecule has 92 valence electrons. The molecule has 0 aromatic heterocycles. The lowest BCUT2D eigenvalue weighted by Crippen LogP contribution is -2.34. The Morgan fingerprint density at radius 3 is 2.50 bits per heavy atom. The molecule has 1 aliphatic heterocycles. The van der Waals surface area contributed by atoms with Crippen molar-refractivity contribution in [3.8, 4) is 6.07 Å². The number of nitriles is 1. The molecule has 16 heavy (non-hydrogen) atoms. The second-order valence-electron chi connectivity index (χ2n) is 4.94. The van der Waals surface area contributed by atoms with Gasteiger partial charge in [0, 0.05) is 19.0 Å². The predicted molar refractivity (Wildman–Crippen MR) is 67.2 cm³/mol. The van der Waals surface area contributed by atoms with E-state index >= 15 is 0 Å². The van der Waals surface area contributed by atoms with Gasteiger partial charge in [0.2, 0.25) is 0 Å². The predicted octanol–water partition coefficient (Wildman–Crippen LogP) is 2.10. The molecule has 1 aliphatic rings. The van der Waals surface area contributed by atoms with Crippen LogP contribution in [0.25, 0.3) is 0 Å². The molecule has 0 aliphatic carbocycles. The van der Waals surface area contributed by atoms with Crippen LogP contribution in [0.3, 0.4) is 0 Å². The van der Waals surface area contributed by atoms with E-state index in [0.29, 0.717) is 12.5 Å². The standard InChI is InChI=1S/C13H25N3/c1-13(2)16(11-5-7-14)12-6-10-15-8-3-4-9-15/h13H,3-6,8-12H2,1-2H3. The van der Waals surface area contributed by atoms with Crippen LogP contribution in [0, 0.1) is 11.3 Å². The quantitative estimate of drug-likeness (QED) is 0.662. The summed E-state index contributed by atoms with van der Waals surface area (Å²) in [5.74, 6) is 0. The molecule has 3 nitrogen and oxygen atoms in total.